The minimum absolute atomic E-state index is 0.465. The smallest absolute Gasteiger partial charge is 0.161 e. The van der Waals surface area contributed by atoms with Gasteiger partial charge in [0.2, 0.25) is 0 Å². The largest absolute Gasteiger partial charge is 0.335 e. The summed E-state index contributed by atoms with van der Waals surface area (Å²) in [6.07, 6.45) is 1.10. The van der Waals surface area contributed by atoms with Gasteiger partial charge in [0, 0.05) is 16.5 Å². The van der Waals surface area contributed by atoms with Crippen molar-refractivity contribution in [2.75, 3.05) is 11.1 Å². The molecule has 0 saturated carbocycles. The summed E-state index contributed by atoms with van der Waals surface area (Å²) in [5.41, 5.74) is 2.13. The molecule has 4 heteroatoms. The Morgan fingerprint density at radius 3 is 3.06 bits per heavy atom. The molecule has 0 bridgehead atoms. The number of anilines is 1. The lowest BCUT2D eigenvalue weighted by atomic mass is 10.2. The van der Waals surface area contributed by atoms with Crippen molar-refractivity contribution in [1.29, 1.82) is 0 Å². The number of nitrogens with one attached hydrogen (secondary N) is 1. The van der Waals surface area contributed by atoms with E-state index in [1.54, 1.807) is 11.8 Å². The number of rotatable bonds is 2. The molecule has 0 spiro atoms. The van der Waals surface area contributed by atoms with E-state index >= 15 is 0 Å². The SMILES string of the molecule is CCC1CSC(Nc2cccc(Cl)c2C)=N1. The van der Waals surface area contributed by atoms with Crippen LogP contribution in [0, 0.1) is 6.92 Å². The van der Waals surface area contributed by atoms with Gasteiger partial charge in [0.1, 0.15) is 0 Å². The Bertz CT molecular complexity index is 417. The van der Waals surface area contributed by atoms with Crippen LogP contribution in [-0.4, -0.2) is 17.0 Å². The normalized spacial score (nSPS) is 19.7. The number of amidine groups is 1. The van der Waals surface area contributed by atoms with Crippen molar-refractivity contribution in [1.82, 2.24) is 0 Å². The van der Waals surface area contributed by atoms with Crippen LogP contribution in [0.3, 0.4) is 0 Å². The summed E-state index contributed by atoms with van der Waals surface area (Å²) in [6.45, 7) is 4.18. The second-order valence-electron chi connectivity index (χ2n) is 3.84. The predicted molar refractivity (Wildman–Crippen MR) is 73.8 cm³/mol. The third-order valence-corrected chi connectivity index (χ3v) is 4.13. The number of hydrogen-bond donors (Lipinski definition) is 1. The molecular weight excluding hydrogens is 240 g/mol. The minimum atomic E-state index is 0.465. The number of aliphatic imine (C=N–C) groups is 1. The summed E-state index contributed by atoms with van der Waals surface area (Å²) in [4.78, 5) is 4.60. The van der Waals surface area contributed by atoms with Crippen LogP contribution in [0.15, 0.2) is 23.2 Å². The Morgan fingerprint density at radius 1 is 1.56 bits per heavy atom. The van der Waals surface area contributed by atoms with Gasteiger partial charge < -0.3 is 5.32 Å². The van der Waals surface area contributed by atoms with Crippen LogP contribution in [0.5, 0.6) is 0 Å². The highest BCUT2D eigenvalue weighted by Gasteiger charge is 2.16. The molecule has 86 valence electrons. The van der Waals surface area contributed by atoms with Gasteiger partial charge in [-0.1, -0.05) is 36.4 Å². The Labute approximate surface area is 105 Å². The van der Waals surface area contributed by atoms with Crippen molar-refractivity contribution in [3.05, 3.63) is 28.8 Å². The molecule has 0 amide bonds. The molecular formula is C12H15ClN2S. The Kier molecular flexibility index (Phi) is 3.77. The van der Waals surface area contributed by atoms with E-state index in [1.807, 2.05) is 25.1 Å². The molecule has 1 aromatic carbocycles. The fourth-order valence-corrected chi connectivity index (χ4v) is 2.79. The standard InChI is InChI=1S/C12H15ClN2S/c1-3-9-7-16-12(14-9)15-11-6-4-5-10(13)8(11)2/h4-6,9H,3,7H2,1-2H3,(H,14,15). The van der Waals surface area contributed by atoms with Crippen molar-refractivity contribution in [3.63, 3.8) is 0 Å². The summed E-state index contributed by atoms with van der Waals surface area (Å²) in [5, 5.41) is 5.15. The second-order valence-corrected chi connectivity index (χ2v) is 5.26. The van der Waals surface area contributed by atoms with E-state index in [2.05, 4.69) is 17.2 Å². The molecule has 1 unspecified atom stereocenters. The molecule has 2 rings (SSSR count). The van der Waals surface area contributed by atoms with E-state index < -0.39 is 0 Å². The van der Waals surface area contributed by atoms with Crippen LogP contribution in [0.1, 0.15) is 18.9 Å². The summed E-state index contributed by atoms with van der Waals surface area (Å²) < 4.78 is 0. The first kappa shape index (κ1) is 11.8. The van der Waals surface area contributed by atoms with Crippen LogP contribution < -0.4 is 5.32 Å². The predicted octanol–water partition coefficient (Wildman–Crippen LogP) is 3.94. The zero-order valence-electron chi connectivity index (χ0n) is 9.46. The van der Waals surface area contributed by atoms with Crippen LogP contribution in [0.4, 0.5) is 5.69 Å². The molecule has 1 atom stereocenters. The lowest BCUT2D eigenvalue weighted by molar-refractivity contribution is 0.738. The van der Waals surface area contributed by atoms with Gasteiger partial charge in [-0.05, 0) is 31.0 Å². The first-order valence-electron chi connectivity index (χ1n) is 5.43. The number of benzene rings is 1. The molecule has 1 heterocycles. The van der Waals surface area contributed by atoms with E-state index in [0.29, 0.717) is 6.04 Å². The Hall–Kier alpha value is -0.670. The number of hydrogen-bond acceptors (Lipinski definition) is 3. The average molecular weight is 255 g/mol. The van der Waals surface area contributed by atoms with Crippen LogP contribution in [0.25, 0.3) is 0 Å². The fraction of sp³-hybridized carbons (Fsp3) is 0.417. The van der Waals surface area contributed by atoms with Gasteiger partial charge in [-0.25, -0.2) is 0 Å². The topological polar surface area (TPSA) is 24.4 Å². The Morgan fingerprint density at radius 2 is 2.38 bits per heavy atom. The molecule has 1 aliphatic rings. The first-order chi connectivity index (χ1) is 7.70. The maximum Gasteiger partial charge on any atom is 0.161 e. The number of thioether (sulfide) groups is 1. The van der Waals surface area contributed by atoms with Gasteiger partial charge >= 0.3 is 0 Å². The Balaban J connectivity index is 2.13. The van der Waals surface area contributed by atoms with Gasteiger partial charge in [-0.2, -0.15) is 0 Å². The van der Waals surface area contributed by atoms with Crippen molar-refractivity contribution in [3.8, 4) is 0 Å². The maximum atomic E-state index is 6.07. The van der Waals surface area contributed by atoms with Gasteiger partial charge in [0.25, 0.3) is 0 Å². The molecule has 0 saturated heterocycles. The van der Waals surface area contributed by atoms with Crippen LogP contribution in [0.2, 0.25) is 5.02 Å². The summed E-state index contributed by atoms with van der Waals surface area (Å²) in [5.74, 6) is 1.08. The highest BCUT2D eigenvalue weighted by Crippen LogP contribution is 2.26. The zero-order valence-corrected chi connectivity index (χ0v) is 11.0. The van der Waals surface area contributed by atoms with Gasteiger partial charge in [-0.15, -0.1) is 0 Å². The lowest BCUT2D eigenvalue weighted by Gasteiger charge is -2.09. The van der Waals surface area contributed by atoms with Crippen LogP contribution >= 0.6 is 23.4 Å². The molecule has 0 fully saturated rings. The van der Waals surface area contributed by atoms with E-state index in [1.165, 1.54) is 0 Å². The summed E-state index contributed by atoms with van der Waals surface area (Å²) in [7, 11) is 0. The zero-order chi connectivity index (χ0) is 11.5. The van der Waals surface area contributed by atoms with E-state index in [9.17, 15) is 0 Å². The van der Waals surface area contributed by atoms with Crippen LogP contribution in [-0.2, 0) is 0 Å². The fourth-order valence-electron chi connectivity index (χ4n) is 1.55. The highest BCUT2D eigenvalue weighted by atomic mass is 35.5. The molecule has 0 radical (unpaired) electrons. The van der Waals surface area contributed by atoms with Crippen molar-refractivity contribution < 1.29 is 0 Å². The second kappa shape index (κ2) is 5.11. The monoisotopic (exact) mass is 254 g/mol. The third kappa shape index (κ3) is 2.53. The van der Waals surface area contributed by atoms with Gasteiger partial charge in [0.05, 0.1) is 6.04 Å². The van der Waals surface area contributed by atoms with Crippen molar-refractivity contribution in [2.45, 2.75) is 26.3 Å². The molecule has 1 aromatic rings. The average Bonchev–Trinajstić information content (AvgIpc) is 2.73. The molecule has 0 aliphatic carbocycles. The third-order valence-electron chi connectivity index (χ3n) is 2.69. The molecule has 1 N–H and O–H groups in total. The molecule has 0 aromatic heterocycles. The van der Waals surface area contributed by atoms with Gasteiger partial charge in [-0.3, -0.25) is 4.99 Å². The number of nitrogens with zero attached hydrogens (tertiary/aromatic N) is 1. The summed E-state index contributed by atoms with van der Waals surface area (Å²) in [6, 6.07) is 6.35. The van der Waals surface area contributed by atoms with E-state index in [-0.39, 0.29) is 0 Å². The lowest BCUT2D eigenvalue weighted by Crippen LogP contribution is -2.06. The molecule has 16 heavy (non-hydrogen) atoms. The van der Waals surface area contributed by atoms with Crippen molar-refractivity contribution >= 4 is 34.2 Å². The minimum Gasteiger partial charge on any atom is -0.335 e. The highest BCUT2D eigenvalue weighted by molar-refractivity contribution is 8.14. The molecule has 1 aliphatic heterocycles. The maximum absolute atomic E-state index is 6.07. The quantitative estimate of drug-likeness (QED) is 0.865. The first-order valence-corrected chi connectivity index (χ1v) is 6.79. The van der Waals surface area contributed by atoms with Crippen molar-refractivity contribution in [2.24, 2.45) is 4.99 Å². The molecule has 2 nitrogen and oxygen atoms in total. The number of halogens is 1. The summed E-state index contributed by atoms with van der Waals surface area (Å²) >= 11 is 7.85. The van der Waals surface area contributed by atoms with Gasteiger partial charge in [0.15, 0.2) is 5.17 Å². The van der Waals surface area contributed by atoms with E-state index in [4.69, 9.17) is 11.6 Å². The van der Waals surface area contributed by atoms with E-state index in [0.717, 1.165) is 33.6 Å².